The van der Waals surface area contributed by atoms with E-state index in [0.717, 1.165) is 17.4 Å². The zero-order chi connectivity index (χ0) is 24.6. The van der Waals surface area contributed by atoms with Gasteiger partial charge in [-0.1, -0.05) is 12.8 Å². The van der Waals surface area contributed by atoms with Gasteiger partial charge in [0, 0.05) is 35.2 Å². The lowest BCUT2D eigenvalue weighted by Crippen LogP contribution is -2.41. The zero-order valence-electron chi connectivity index (χ0n) is 20.0. The monoisotopic (exact) mass is 472 g/mol. The molecule has 33 heavy (non-hydrogen) atoms. The molecular formula is C24H30BFN2O4S. The number of rotatable bonds is 4. The number of nitrogens with zero attached hydrogens (tertiary/aromatic N) is 1. The molecular weight excluding hydrogens is 442 g/mol. The Labute approximate surface area is 200 Å². The van der Waals surface area contributed by atoms with Crippen LogP contribution < -0.4 is 15.1 Å². The molecule has 0 spiro atoms. The fourth-order valence-corrected chi connectivity index (χ4v) is 3.71. The van der Waals surface area contributed by atoms with Crippen LogP contribution in [0.3, 0.4) is 0 Å². The van der Waals surface area contributed by atoms with Crippen molar-refractivity contribution in [1.29, 1.82) is 0 Å². The minimum absolute atomic E-state index is 0.357. The zero-order valence-corrected chi connectivity index (χ0v) is 20.9. The van der Waals surface area contributed by atoms with Crippen LogP contribution in [-0.4, -0.2) is 45.7 Å². The number of hydrogen-bond donors (Lipinski definition) is 2. The van der Waals surface area contributed by atoms with Gasteiger partial charge in [0.1, 0.15) is 17.2 Å². The lowest BCUT2D eigenvalue weighted by atomic mass is 9.77. The summed E-state index contributed by atoms with van der Waals surface area (Å²) in [4.78, 5) is 12.0. The average Bonchev–Trinajstić information content (AvgIpc) is 3.20. The van der Waals surface area contributed by atoms with E-state index in [0.29, 0.717) is 27.9 Å². The first-order valence-corrected chi connectivity index (χ1v) is 11.0. The molecule has 0 radical (unpaired) electrons. The maximum absolute atomic E-state index is 13.3. The second-order valence-electron chi connectivity index (χ2n) is 8.99. The fraction of sp³-hybridized carbons (Fsp3) is 0.375. The first kappa shape index (κ1) is 25.3. The molecule has 9 heteroatoms. The van der Waals surface area contributed by atoms with Crippen LogP contribution in [-0.2, 0) is 9.31 Å². The van der Waals surface area contributed by atoms with Gasteiger partial charge in [-0.05, 0) is 72.1 Å². The lowest BCUT2D eigenvalue weighted by Gasteiger charge is -2.32. The van der Waals surface area contributed by atoms with Gasteiger partial charge in [0.15, 0.2) is 6.29 Å². The maximum atomic E-state index is 13.3. The number of furan rings is 1. The molecule has 0 saturated carbocycles. The number of fused-ring (bicyclic) bond motifs is 1. The van der Waals surface area contributed by atoms with Gasteiger partial charge in [-0.15, -0.1) is 0 Å². The number of anilines is 1. The molecule has 2 aromatic carbocycles. The fourth-order valence-electron chi connectivity index (χ4n) is 3.54. The molecule has 0 bridgehead atoms. The van der Waals surface area contributed by atoms with Gasteiger partial charge >= 0.3 is 7.12 Å². The molecule has 0 atom stereocenters. The molecule has 176 valence electrons. The van der Waals surface area contributed by atoms with Crippen molar-refractivity contribution < 1.29 is 22.9 Å². The molecule has 2 heterocycles. The third-order valence-electron chi connectivity index (χ3n) is 5.96. The summed E-state index contributed by atoms with van der Waals surface area (Å²) in [5.41, 5.74) is 1.99. The van der Waals surface area contributed by atoms with Crippen molar-refractivity contribution in [2.45, 2.75) is 38.9 Å². The summed E-state index contributed by atoms with van der Waals surface area (Å²) in [6.07, 6.45) is 0.753. The van der Waals surface area contributed by atoms with Crippen LogP contribution in [0.5, 0.6) is 0 Å². The Kier molecular flexibility index (Phi) is 7.28. The molecule has 0 unspecified atom stereocenters. The average molecular weight is 472 g/mol. The van der Waals surface area contributed by atoms with E-state index in [1.54, 1.807) is 23.5 Å². The third kappa shape index (κ3) is 4.82. The smallest absolute Gasteiger partial charge is 0.455 e. The molecule has 3 aromatic rings. The Bertz CT molecular complexity index is 1130. The van der Waals surface area contributed by atoms with Crippen LogP contribution in [0, 0.1) is 5.82 Å². The SMILES string of the molecule is CN(S)c1cc2oc(-c3ccc(F)cc3)c(C=O)c2cc1B1OC(C)(C)C(C)(C)O1.CNC. The first-order chi connectivity index (χ1) is 15.5. The highest BCUT2D eigenvalue weighted by molar-refractivity contribution is 7.81. The summed E-state index contributed by atoms with van der Waals surface area (Å²) in [6.45, 7) is 7.93. The molecule has 0 amide bonds. The molecule has 1 fully saturated rings. The van der Waals surface area contributed by atoms with Crippen molar-refractivity contribution in [3.63, 3.8) is 0 Å². The number of halogens is 1. The van der Waals surface area contributed by atoms with E-state index in [1.807, 2.05) is 53.9 Å². The van der Waals surface area contributed by atoms with E-state index in [9.17, 15) is 9.18 Å². The van der Waals surface area contributed by atoms with Crippen LogP contribution in [0.2, 0.25) is 0 Å². The maximum Gasteiger partial charge on any atom is 0.497 e. The summed E-state index contributed by atoms with van der Waals surface area (Å²) in [5, 5.41) is 3.38. The Morgan fingerprint density at radius 1 is 1.06 bits per heavy atom. The van der Waals surface area contributed by atoms with Crippen molar-refractivity contribution >= 4 is 48.3 Å². The van der Waals surface area contributed by atoms with Crippen molar-refractivity contribution in [3.8, 4) is 11.3 Å². The number of benzene rings is 2. The summed E-state index contributed by atoms with van der Waals surface area (Å²) < 4.78 is 33.5. The second-order valence-corrected chi connectivity index (χ2v) is 9.59. The van der Waals surface area contributed by atoms with Gasteiger partial charge in [0.05, 0.1) is 16.8 Å². The quantitative estimate of drug-likeness (QED) is 0.332. The second kappa shape index (κ2) is 9.50. The summed E-state index contributed by atoms with van der Waals surface area (Å²) in [7, 11) is 4.91. The highest BCUT2D eigenvalue weighted by Crippen LogP contribution is 2.39. The Morgan fingerprint density at radius 2 is 1.61 bits per heavy atom. The van der Waals surface area contributed by atoms with Crippen LogP contribution in [0.4, 0.5) is 10.1 Å². The molecule has 1 aromatic heterocycles. The predicted molar refractivity (Wildman–Crippen MR) is 135 cm³/mol. The standard InChI is InChI=1S/C22H23BFNO4S.C2H7N/c1-21(2)22(3,4)29-23(28-21)17-10-15-16(12-26)20(13-6-8-14(24)9-7-13)27-19(15)11-18(17)25(5)30;1-3-2/h6-12,30H,1-5H3;3H,1-2H3. The topological polar surface area (TPSA) is 63.9 Å². The van der Waals surface area contributed by atoms with E-state index in [2.05, 4.69) is 18.1 Å². The van der Waals surface area contributed by atoms with Crippen LogP contribution in [0.15, 0.2) is 40.8 Å². The van der Waals surface area contributed by atoms with Crippen LogP contribution >= 0.6 is 12.8 Å². The van der Waals surface area contributed by atoms with Crippen molar-refractivity contribution in [1.82, 2.24) is 5.32 Å². The van der Waals surface area contributed by atoms with E-state index >= 15 is 0 Å². The Balaban J connectivity index is 0.000000968. The van der Waals surface area contributed by atoms with Crippen molar-refractivity contribution in [3.05, 3.63) is 47.8 Å². The summed E-state index contributed by atoms with van der Waals surface area (Å²) in [5.74, 6) is 0.0309. The highest BCUT2D eigenvalue weighted by Gasteiger charge is 2.52. The van der Waals surface area contributed by atoms with E-state index in [1.165, 1.54) is 12.1 Å². The van der Waals surface area contributed by atoms with Crippen LogP contribution in [0.1, 0.15) is 38.1 Å². The third-order valence-corrected chi connectivity index (χ3v) is 6.17. The Morgan fingerprint density at radius 3 is 2.09 bits per heavy atom. The molecule has 1 saturated heterocycles. The van der Waals surface area contributed by atoms with Crippen molar-refractivity contribution in [2.75, 3.05) is 25.4 Å². The molecule has 4 rings (SSSR count). The van der Waals surface area contributed by atoms with Gasteiger partial charge < -0.3 is 23.3 Å². The highest BCUT2D eigenvalue weighted by atomic mass is 32.1. The van der Waals surface area contributed by atoms with Crippen LogP contribution in [0.25, 0.3) is 22.3 Å². The van der Waals surface area contributed by atoms with E-state index in [-0.39, 0.29) is 5.82 Å². The largest absolute Gasteiger partial charge is 0.497 e. The predicted octanol–water partition coefficient (Wildman–Crippen LogP) is 4.47. The number of carbonyl (C=O) groups is 1. The van der Waals surface area contributed by atoms with Gasteiger partial charge in [-0.2, -0.15) is 0 Å². The van der Waals surface area contributed by atoms with Gasteiger partial charge in [0.25, 0.3) is 0 Å². The number of carbonyl (C=O) groups excluding carboxylic acids is 1. The normalized spacial score (nSPS) is 16.5. The summed E-state index contributed by atoms with van der Waals surface area (Å²) in [6, 6.07) is 9.49. The lowest BCUT2D eigenvalue weighted by molar-refractivity contribution is 0.00578. The van der Waals surface area contributed by atoms with Gasteiger partial charge in [0.2, 0.25) is 0 Å². The van der Waals surface area contributed by atoms with E-state index < -0.39 is 18.3 Å². The molecule has 1 aliphatic heterocycles. The summed E-state index contributed by atoms with van der Waals surface area (Å²) >= 11 is 4.47. The van der Waals surface area contributed by atoms with Crippen molar-refractivity contribution in [2.24, 2.45) is 0 Å². The van der Waals surface area contributed by atoms with Gasteiger partial charge in [-0.25, -0.2) is 4.39 Å². The number of thiol groups is 1. The molecule has 1 aliphatic rings. The van der Waals surface area contributed by atoms with E-state index in [4.69, 9.17) is 13.7 Å². The number of nitrogens with one attached hydrogen (secondary N) is 1. The molecule has 0 aliphatic carbocycles. The Hall–Kier alpha value is -2.33. The first-order valence-electron chi connectivity index (χ1n) is 10.6. The number of aldehydes is 1. The minimum Gasteiger partial charge on any atom is -0.455 e. The molecule has 1 N–H and O–H groups in total. The number of hydrogen-bond acceptors (Lipinski definition) is 7. The van der Waals surface area contributed by atoms with Gasteiger partial charge in [-0.3, -0.25) is 4.79 Å². The molecule has 6 nitrogen and oxygen atoms in total. The minimum atomic E-state index is -0.632.